The maximum atomic E-state index is 12.0. The first kappa shape index (κ1) is 10.4. The molecule has 17 heavy (non-hydrogen) atoms. The van der Waals surface area contributed by atoms with Gasteiger partial charge >= 0.3 is 0 Å². The van der Waals surface area contributed by atoms with Gasteiger partial charge in [-0.05, 0) is 18.9 Å². The fourth-order valence-corrected chi connectivity index (χ4v) is 2.42. The summed E-state index contributed by atoms with van der Waals surface area (Å²) < 4.78 is 10.7. The van der Waals surface area contributed by atoms with Gasteiger partial charge in [0.2, 0.25) is 12.7 Å². The maximum absolute atomic E-state index is 12.0. The van der Waals surface area contributed by atoms with E-state index in [1.165, 1.54) is 5.01 Å². The largest absolute Gasteiger partial charge is 0.454 e. The number of nitrogens with two attached hydrogens (primary N) is 1. The van der Waals surface area contributed by atoms with Crippen LogP contribution in [0.1, 0.15) is 24.3 Å². The molecule has 5 heteroatoms. The minimum Gasteiger partial charge on any atom is -0.454 e. The monoisotopic (exact) mass is 234 g/mol. The quantitative estimate of drug-likeness (QED) is 0.581. The summed E-state index contributed by atoms with van der Waals surface area (Å²) in [5, 5.41) is 1.30. The molecule has 0 spiro atoms. The number of hydrogen-bond acceptors (Lipinski definition) is 4. The second-order valence-corrected chi connectivity index (χ2v) is 4.31. The fourth-order valence-electron chi connectivity index (χ4n) is 2.42. The van der Waals surface area contributed by atoms with Crippen LogP contribution in [0.25, 0.3) is 0 Å². The molecule has 0 radical (unpaired) electrons. The maximum Gasteiger partial charge on any atom is 0.244 e. The minimum atomic E-state index is -0.203. The van der Waals surface area contributed by atoms with Crippen molar-refractivity contribution in [1.29, 1.82) is 0 Å². The van der Waals surface area contributed by atoms with Gasteiger partial charge in [0, 0.05) is 12.1 Å². The molecule has 1 aromatic rings. The van der Waals surface area contributed by atoms with Gasteiger partial charge in [-0.3, -0.25) is 9.80 Å². The van der Waals surface area contributed by atoms with Crippen LogP contribution in [0.2, 0.25) is 0 Å². The number of para-hydroxylation sites is 1. The highest BCUT2D eigenvalue weighted by Crippen LogP contribution is 2.41. The first-order valence-electron chi connectivity index (χ1n) is 5.72. The molecule has 1 unspecified atom stereocenters. The van der Waals surface area contributed by atoms with Crippen LogP contribution in [0, 0.1) is 0 Å². The predicted octanol–water partition coefficient (Wildman–Crippen LogP) is 0.995. The van der Waals surface area contributed by atoms with Gasteiger partial charge in [0.15, 0.2) is 11.5 Å². The molecule has 1 saturated heterocycles. The van der Waals surface area contributed by atoms with E-state index in [1.807, 2.05) is 18.2 Å². The van der Waals surface area contributed by atoms with Gasteiger partial charge in [-0.2, -0.15) is 0 Å². The van der Waals surface area contributed by atoms with Crippen molar-refractivity contribution >= 4 is 5.91 Å². The molecular formula is C12H14N2O3. The van der Waals surface area contributed by atoms with E-state index in [1.54, 1.807) is 0 Å². The number of benzene rings is 1. The Morgan fingerprint density at radius 3 is 3.12 bits per heavy atom. The molecule has 1 atom stereocenters. The molecule has 1 aromatic carbocycles. The summed E-state index contributed by atoms with van der Waals surface area (Å²) >= 11 is 0. The first-order chi connectivity index (χ1) is 8.27. The van der Waals surface area contributed by atoms with Crippen molar-refractivity contribution < 1.29 is 14.3 Å². The summed E-state index contributed by atoms with van der Waals surface area (Å²) in [5.41, 5.74) is 0.889. The molecule has 2 aliphatic rings. The number of rotatable bonds is 1. The van der Waals surface area contributed by atoms with Gasteiger partial charge < -0.3 is 9.47 Å². The summed E-state index contributed by atoms with van der Waals surface area (Å²) in [6, 6.07) is 5.64. The Hall–Kier alpha value is -1.75. The Morgan fingerprint density at radius 2 is 2.24 bits per heavy atom. The Morgan fingerprint density at radius 1 is 1.35 bits per heavy atom. The molecule has 2 N–H and O–H groups in total. The fraction of sp³-hybridized carbons (Fsp3) is 0.417. The van der Waals surface area contributed by atoms with Gasteiger partial charge in [0.05, 0.1) is 5.92 Å². The van der Waals surface area contributed by atoms with Crippen LogP contribution in [0.15, 0.2) is 18.2 Å². The third-order valence-corrected chi connectivity index (χ3v) is 3.28. The van der Waals surface area contributed by atoms with Crippen LogP contribution in [0.5, 0.6) is 11.5 Å². The van der Waals surface area contributed by atoms with Gasteiger partial charge in [-0.15, -0.1) is 0 Å². The van der Waals surface area contributed by atoms with Gasteiger partial charge in [-0.1, -0.05) is 12.1 Å². The number of amides is 1. The topological polar surface area (TPSA) is 64.8 Å². The van der Waals surface area contributed by atoms with Crippen LogP contribution in [-0.2, 0) is 4.79 Å². The molecule has 3 rings (SSSR count). The average molecular weight is 234 g/mol. The third kappa shape index (κ3) is 1.63. The summed E-state index contributed by atoms with van der Waals surface area (Å²) in [4.78, 5) is 12.0. The lowest BCUT2D eigenvalue weighted by molar-refractivity contribution is -0.135. The van der Waals surface area contributed by atoms with Crippen molar-refractivity contribution in [3.63, 3.8) is 0 Å². The summed E-state index contributed by atoms with van der Waals surface area (Å²) in [6.45, 7) is 0.849. The van der Waals surface area contributed by atoms with E-state index in [4.69, 9.17) is 15.3 Å². The molecular weight excluding hydrogens is 220 g/mol. The van der Waals surface area contributed by atoms with E-state index < -0.39 is 0 Å². The van der Waals surface area contributed by atoms with Gasteiger partial charge in [0.1, 0.15) is 0 Å². The van der Waals surface area contributed by atoms with E-state index in [0.29, 0.717) is 18.0 Å². The van der Waals surface area contributed by atoms with Crippen molar-refractivity contribution in [3.8, 4) is 11.5 Å². The van der Waals surface area contributed by atoms with Crippen molar-refractivity contribution in [2.24, 2.45) is 5.84 Å². The Labute approximate surface area is 99.1 Å². The Balaban J connectivity index is 1.99. The molecule has 0 bridgehead atoms. The molecule has 2 heterocycles. The lowest BCUT2D eigenvalue weighted by Gasteiger charge is -2.29. The van der Waals surface area contributed by atoms with Crippen LogP contribution < -0.4 is 15.3 Å². The van der Waals surface area contributed by atoms with E-state index in [2.05, 4.69) is 0 Å². The van der Waals surface area contributed by atoms with Crippen molar-refractivity contribution in [1.82, 2.24) is 5.01 Å². The zero-order chi connectivity index (χ0) is 11.8. The predicted molar refractivity (Wildman–Crippen MR) is 60.4 cm³/mol. The summed E-state index contributed by atoms with van der Waals surface area (Å²) in [5.74, 6) is 6.83. The second kappa shape index (κ2) is 3.92. The summed E-state index contributed by atoms with van der Waals surface area (Å²) in [6.07, 6.45) is 1.73. The highest BCUT2D eigenvalue weighted by atomic mass is 16.7. The van der Waals surface area contributed by atoms with Gasteiger partial charge in [0.25, 0.3) is 0 Å². The lowest BCUT2D eigenvalue weighted by Crippen LogP contribution is -2.44. The SMILES string of the molecule is NN1CCCC(c2cccc3c2OCO3)C1=O. The van der Waals surface area contributed by atoms with Crippen LogP contribution >= 0.6 is 0 Å². The summed E-state index contributed by atoms with van der Waals surface area (Å²) in [7, 11) is 0. The van der Waals surface area contributed by atoms with E-state index in [9.17, 15) is 4.79 Å². The van der Waals surface area contributed by atoms with E-state index >= 15 is 0 Å². The number of hydrazine groups is 1. The van der Waals surface area contributed by atoms with Crippen molar-refractivity contribution in [2.75, 3.05) is 13.3 Å². The zero-order valence-electron chi connectivity index (χ0n) is 9.39. The van der Waals surface area contributed by atoms with Crippen LogP contribution in [-0.4, -0.2) is 24.3 Å². The smallest absolute Gasteiger partial charge is 0.244 e. The molecule has 1 fully saturated rings. The molecule has 0 aromatic heterocycles. The molecule has 0 aliphatic carbocycles. The van der Waals surface area contributed by atoms with Crippen LogP contribution in [0.3, 0.4) is 0 Å². The molecule has 1 amide bonds. The van der Waals surface area contributed by atoms with E-state index in [0.717, 1.165) is 18.4 Å². The zero-order valence-corrected chi connectivity index (χ0v) is 9.39. The number of carbonyl (C=O) groups excluding carboxylic acids is 1. The molecule has 5 nitrogen and oxygen atoms in total. The average Bonchev–Trinajstić information content (AvgIpc) is 2.81. The van der Waals surface area contributed by atoms with E-state index in [-0.39, 0.29) is 18.6 Å². The highest BCUT2D eigenvalue weighted by molar-refractivity contribution is 5.85. The molecule has 2 aliphatic heterocycles. The number of nitrogens with zero attached hydrogens (tertiary/aromatic N) is 1. The third-order valence-electron chi connectivity index (χ3n) is 3.28. The highest BCUT2D eigenvalue weighted by Gasteiger charge is 2.32. The van der Waals surface area contributed by atoms with Crippen molar-refractivity contribution in [2.45, 2.75) is 18.8 Å². The number of piperidine rings is 1. The number of fused-ring (bicyclic) bond motifs is 1. The Bertz CT molecular complexity index is 461. The second-order valence-electron chi connectivity index (χ2n) is 4.31. The minimum absolute atomic E-state index is 0.0415. The normalized spacial score (nSPS) is 23.0. The van der Waals surface area contributed by atoms with Gasteiger partial charge in [-0.25, -0.2) is 5.84 Å². The van der Waals surface area contributed by atoms with Crippen molar-refractivity contribution in [3.05, 3.63) is 23.8 Å². The molecule has 0 saturated carbocycles. The number of ether oxygens (including phenoxy) is 2. The number of carbonyl (C=O) groups is 1. The first-order valence-corrected chi connectivity index (χ1v) is 5.72. The standard InChI is InChI=1S/C12H14N2O3/c13-14-6-2-4-9(12(14)15)8-3-1-5-10-11(8)17-7-16-10/h1,3,5,9H,2,4,6-7,13H2. The van der Waals surface area contributed by atoms with Crippen LogP contribution in [0.4, 0.5) is 0 Å². The lowest BCUT2D eigenvalue weighted by atomic mass is 9.89. The number of hydrogen-bond donors (Lipinski definition) is 1. The molecule has 90 valence electrons. The Kier molecular flexibility index (Phi) is 2.40.